The fraction of sp³-hybridized carbons (Fsp3) is 0.692. The highest BCUT2D eigenvalue weighted by molar-refractivity contribution is 5.31. The summed E-state index contributed by atoms with van der Waals surface area (Å²) in [6, 6.07) is 0.591. The Kier molecular flexibility index (Phi) is 4.31. The molecule has 1 aliphatic carbocycles. The van der Waals surface area contributed by atoms with Crippen LogP contribution in [0.15, 0.2) is 12.4 Å². The minimum Gasteiger partial charge on any atom is -0.392 e. The van der Waals surface area contributed by atoms with Crippen molar-refractivity contribution >= 4 is 5.95 Å². The molecule has 1 saturated carbocycles. The van der Waals surface area contributed by atoms with E-state index in [4.69, 9.17) is 5.11 Å². The zero-order valence-corrected chi connectivity index (χ0v) is 10.5. The van der Waals surface area contributed by atoms with Crippen molar-refractivity contribution in [3.05, 3.63) is 18.0 Å². The molecule has 1 N–H and O–H groups in total. The first-order valence-corrected chi connectivity index (χ1v) is 6.53. The average Bonchev–Trinajstić information content (AvgIpc) is 2.42. The van der Waals surface area contributed by atoms with E-state index >= 15 is 0 Å². The summed E-state index contributed by atoms with van der Waals surface area (Å²) >= 11 is 0. The van der Waals surface area contributed by atoms with E-state index in [1.807, 2.05) is 0 Å². The molecule has 17 heavy (non-hydrogen) atoms. The van der Waals surface area contributed by atoms with E-state index in [0.717, 1.165) is 18.1 Å². The number of aliphatic hydroxyl groups is 1. The molecule has 0 aromatic carbocycles. The van der Waals surface area contributed by atoms with Crippen molar-refractivity contribution in [2.45, 2.75) is 51.7 Å². The monoisotopic (exact) mass is 235 g/mol. The van der Waals surface area contributed by atoms with Gasteiger partial charge in [-0.25, -0.2) is 9.97 Å². The number of aliphatic hydroxyl groups excluding tert-OH is 1. The summed E-state index contributed by atoms with van der Waals surface area (Å²) in [5.74, 6) is 0.802. The molecule has 0 bridgehead atoms. The van der Waals surface area contributed by atoms with Gasteiger partial charge < -0.3 is 10.0 Å². The van der Waals surface area contributed by atoms with Gasteiger partial charge in [-0.2, -0.15) is 0 Å². The smallest absolute Gasteiger partial charge is 0.225 e. The Balaban J connectivity index is 2.10. The maximum absolute atomic E-state index is 8.98. The molecule has 0 spiro atoms. The lowest BCUT2D eigenvalue weighted by molar-refractivity contribution is 0.281. The summed E-state index contributed by atoms with van der Waals surface area (Å²) in [7, 11) is 0. The van der Waals surface area contributed by atoms with Crippen LogP contribution in [0.2, 0.25) is 0 Å². The van der Waals surface area contributed by atoms with Crippen LogP contribution in [-0.2, 0) is 6.61 Å². The Labute approximate surface area is 103 Å². The molecule has 1 aromatic heterocycles. The van der Waals surface area contributed by atoms with Crippen molar-refractivity contribution in [1.29, 1.82) is 0 Å². The van der Waals surface area contributed by atoms with Crippen LogP contribution in [0.25, 0.3) is 0 Å². The Hall–Kier alpha value is -1.16. The molecule has 4 nitrogen and oxygen atoms in total. The predicted octanol–water partition coefficient (Wildman–Crippen LogP) is 2.13. The van der Waals surface area contributed by atoms with Crippen LogP contribution in [-0.4, -0.2) is 27.7 Å². The van der Waals surface area contributed by atoms with E-state index in [0.29, 0.717) is 6.04 Å². The third kappa shape index (κ3) is 2.94. The summed E-state index contributed by atoms with van der Waals surface area (Å²) in [6.07, 6.45) is 9.92. The van der Waals surface area contributed by atoms with Crippen LogP contribution >= 0.6 is 0 Å². The van der Waals surface area contributed by atoms with Gasteiger partial charge in [-0.15, -0.1) is 0 Å². The fourth-order valence-corrected chi connectivity index (χ4v) is 2.53. The van der Waals surface area contributed by atoms with Gasteiger partial charge in [0, 0.05) is 30.5 Å². The summed E-state index contributed by atoms with van der Waals surface area (Å²) in [4.78, 5) is 11.0. The second-order valence-corrected chi connectivity index (χ2v) is 4.63. The molecule has 0 radical (unpaired) electrons. The Morgan fingerprint density at radius 3 is 2.41 bits per heavy atom. The number of rotatable bonds is 4. The van der Waals surface area contributed by atoms with Crippen LogP contribution in [0.5, 0.6) is 0 Å². The minimum atomic E-state index is 0.00976. The molecule has 1 fully saturated rings. The van der Waals surface area contributed by atoms with E-state index in [9.17, 15) is 0 Å². The third-order valence-corrected chi connectivity index (χ3v) is 3.49. The van der Waals surface area contributed by atoms with E-state index in [1.165, 1.54) is 32.1 Å². The lowest BCUT2D eigenvalue weighted by Gasteiger charge is -2.33. The number of aromatic nitrogens is 2. The van der Waals surface area contributed by atoms with Gasteiger partial charge in [0.2, 0.25) is 5.95 Å². The largest absolute Gasteiger partial charge is 0.392 e. The van der Waals surface area contributed by atoms with Gasteiger partial charge in [-0.05, 0) is 19.8 Å². The summed E-state index contributed by atoms with van der Waals surface area (Å²) in [6.45, 7) is 3.11. The van der Waals surface area contributed by atoms with Crippen LogP contribution in [0, 0.1) is 0 Å². The maximum Gasteiger partial charge on any atom is 0.225 e. The van der Waals surface area contributed by atoms with Gasteiger partial charge in [0.15, 0.2) is 0 Å². The SMILES string of the molecule is CCN(c1ncc(CO)cn1)C1CCCCC1. The molecule has 0 amide bonds. The molecule has 4 heteroatoms. The second-order valence-electron chi connectivity index (χ2n) is 4.63. The standard InChI is InChI=1S/C13H21N3O/c1-2-16(12-6-4-3-5-7-12)13-14-8-11(10-17)9-15-13/h8-9,12,17H,2-7,10H2,1H3. The van der Waals surface area contributed by atoms with E-state index in [-0.39, 0.29) is 6.61 Å². The highest BCUT2D eigenvalue weighted by Crippen LogP contribution is 2.24. The molecule has 94 valence electrons. The van der Waals surface area contributed by atoms with E-state index in [1.54, 1.807) is 12.4 Å². The number of anilines is 1. The molecular weight excluding hydrogens is 214 g/mol. The lowest BCUT2D eigenvalue weighted by atomic mass is 9.94. The number of hydrogen-bond acceptors (Lipinski definition) is 4. The molecule has 0 aliphatic heterocycles. The summed E-state index contributed by atoms with van der Waals surface area (Å²) in [5.41, 5.74) is 0.772. The van der Waals surface area contributed by atoms with Crippen LogP contribution in [0.3, 0.4) is 0 Å². The van der Waals surface area contributed by atoms with Crippen LogP contribution < -0.4 is 4.90 Å². The lowest BCUT2D eigenvalue weighted by Crippen LogP contribution is -2.37. The highest BCUT2D eigenvalue weighted by atomic mass is 16.3. The quantitative estimate of drug-likeness (QED) is 0.868. The molecular formula is C13H21N3O. The van der Waals surface area contributed by atoms with Crippen molar-refractivity contribution in [2.75, 3.05) is 11.4 Å². The molecule has 2 rings (SSSR count). The Morgan fingerprint density at radius 1 is 1.24 bits per heavy atom. The zero-order chi connectivity index (χ0) is 12.1. The van der Waals surface area contributed by atoms with Crippen molar-refractivity contribution < 1.29 is 5.11 Å². The average molecular weight is 235 g/mol. The molecule has 1 aromatic rings. The van der Waals surface area contributed by atoms with Crippen LogP contribution in [0.4, 0.5) is 5.95 Å². The van der Waals surface area contributed by atoms with Crippen LogP contribution in [0.1, 0.15) is 44.6 Å². The first-order valence-electron chi connectivity index (χ1n) is 6.53. The number of nitrogens with zero attached hydrogens (tertiary/aromatic N) is 3. The highest BCUT2D eigenvalue weighted by Gasteiger charge is 2.21. The Morgan fingerprint density at radius 2 is 1.88 bits per heavy atom. The summed E-state index contributed by atoms with van der Waals surface area (Å²) < 4.78 is 0. The summed E-state index contributed by atoms with van der Waals surface area (Å²) in [5, 5.41) is 8.98. The molecule has 0 atom stereocenters. The Bertz CT molecular complexity index is 333. The second kappa shape index (κ2) is 5.96. The van der Waals surface area contributed by atoms with Gasteiger partial charge >= 0.3 is 0 Å². The van der Waals surface area contributed by atoms with E-state index < -0.39 is 0 Å². The topological polar surface area (TPSA) is 49.2 Å². The normalized spacial score (nSPS) is 17.1. The van der Waals surface area contributed by atoms with Gasteiger partial charge in [0.1, 0.15) is 0 Å². The van der Waals surface area contributed by atoms with E-state index in [2.05, 4.69) is 21.8 Å². The predicted molar refractivity (Wildman–Crippen MR) is 67.8 cm³/mol. The number of hydrogen-bond donors (Lipinski definition) is 1. The van der Waals surface area contributed by atoms with Crippen molar-refractivity contribution in [3.63, 3.8) is 0 Å². The fourth-order valence-electron chi connectivity index (χ4n) is 2.53. The van der Waals surface area contributed by atoms with Gasteiger partial charge in [-0.1, -0.05) is 19.3 Å². The minimum absolute atomic E-state index is 0.00976. The van der Waals surface area contributed by atoms with Crippen molar-refractivity contribution in [1.82, 2.24) is 9.97 Å². The molecule has 1 aliphatic rings. The molecule has 0 unspecified atom stereocenters. The third-order valence-electron chi connectivity index (χ3n) is 3.49. The van der Waals surface area contributed by atoms with Crippen molar-refractivity contribution in [2.24, 2.45) is 0 Å². The van der Waals surface area contributed by atoms with Crippen molar-refractivity contribution in [3.8, 4) is 0 Å². The molecule has 1 heterocycles. The molecule has 0 saturated heterocycles. The zero-order valence-electron chi connectivity index (χ0n) is 10.5. The first-order chi connectivity index (χ1) is 8.35. The van der Waals surface area contributed by atoms with Gasteiger partial charge in [-0.3, -0.25) is 0 Å². The van der Waals surface area contributed by atoms with Gasteiger partial charge in [0.05, 0.1) is 6.61 Å². The maximum atomic E-state index is 8.98. The first kappa shape index (κ1) is 12.3. The van der Waals surface area contributed by atoms with Gasteiger partial charge in [0.25, 0.3) is 0 Å².